The van der Waals surface area contributed by atoms with Crippen molar-refractivity contribution in [3.63, 3.8) is 0 Å². The molecule has 1 aromatic heterocycles. The van der Waals surface area contributed by atoms with Gasteiger partial charge in [-0.05, 0) is 99.5 Å². The Balaban J connectivity index is 1.39. The van der Waals surface area contributed by atoms with Crippen molar-refractivity contribution in [2.24, 2.45) is 10.2 Å². The monoisotopic (exact) mass is 482 g/mol. The minimum absolute atomic E-state index is 0.324. The van der Waals surface area contributed by atoms with E-state index < -0.39 is 0 Å². The second kappa shape index (κ2) is 14.2. The molecule has 0 aliphatic carbocycles. The van der Waals surface area contributed by atoms with Gasteiger partial charge in [0.05, 0.1) is 24.6 Å². The predicted octanol–water partition coefficient (Wildman–Crippen LogP) is 6.66. The molecule has 0 radical (unpaired) electrons. The summed E-state index contributed by atoms with van der Waals surface area (Å²) < 4.78 is 10.9. The molecule has 0 atom stereocenters. The van der Waals surface area contributed by atoms with Gasteiger partial charge in [0.15, 0.2) is 0 Å². The van der Waals surface area contributed by atoms with E-state index in [0.29, 0.717) is 24.5 Å². The number of unbranched alkanes of at least 4 members (excludes halogenated alkanes) is 3. The summed E-state index contributed by atoms with van der Waals surface area (Å²) in [5, 5.41) is 8.66. The van der Waals surface area contributed by atoms with Gasteiger partial charge >= 0.3 is 5.97 Å². The Morgan fingerprint density at radius 3 is 2.36 bits per heavy atom. The number of hydrogen-bond donors (Lipinski definition) is 0. The van der Waals surface area contributed by atoms with E-state index in [0.717, 1.165) is 53.9 Å². The third kappa shape index (κ3) is 9.15. The van der Waals surface area contributed by atoms with Crippen LogP contribution in [0.15, 0.2) is 83.4 Å². The quantitative estimate of drug-likeness (QED) is 0.100. The minimum atomic E-state index is -0.324. The summed E-state index contributed by atoms with van der Waals surface area (Å²) in [5.74, 6) is 6.64. The molecule has 0 aliphatic rings. The summed E-state index contributed by atoms with van der Waals surface area (Å²) in [4.78, 5) is 19.3. The second-order valence-electron chi connectivity index (χ2n) is 8.22. The highest BCUT2D eigenvalue weighted by Gasteiger charge is 2.02. The van der Waals surface area contributed by atoms with Crippen LogP contribution in [0.1, 0.15) is 49.4 Å². The topological polar surface area (TPSA) is 86.0 Å². The van der Waals surface area contributed by atoms with Crippen LogP contribution in [0.25, 0.3) is 0 Å². The molecule has 3 rings (SSSR count). The minimum Gasteiger partial charge on any atom is -0.494 e. The molecule has 184 valence electrons. The number of benzene rings is 2. The highest BCUT2D eigenvalue weighted by Crippen LogP contribution is 2.23. The number of rotatable bonds is 11. The molecule has 0 bridgehead atoms. The van der Waals surface area contributed by atoms with Gasteiger partial charge in [-0.2, -0.15) is 10.2 Å². The third-order valence-corrected chi connectivity index (χ3v) is 5.12. The molecule has 0 unspecified atom stereocenters. The summed E-state index contributed by atoms with van der Waals surface area (Å²) >= 11 is 0. The molecule has 0 saturated carbocycles. The molecule has 0 N–H and O–H groups in total. The lowest BCUT2D eigenvalue weighted by Gasteiger charge is -2.07. The van der Waals surface area contributed by atoms with Gasteiger partial charge in [-0.1, -0.05) is 12.5 Å². The van der Waals surface area contributed by atoms with Crippen molar-refractivity contribution in [2.75, 3.05) is 13.2 Å². The molecular formula is C29H30N4O3. The molecule has 36 heavy (non-hydrogen) atoms. The highest BCUT2D eigenvalue weighted by atomic mass is 16.5. The van der Waals surface area contributed by atoms with E-state index in [1.54, 1.807) is 19.2 Å². The average Bonchev–Trinajstić information content (AvgIpc) is 2.89. The third-order valence-electron chi connectivity index (χ3n) is 5.12. The first kappa shape index (κ1) is 26.3. The van der Waals surface area contributed by atoms with E-state index in [1.807, 2.05) is 49.4 Å². The SMILES string of the molecule is C=C(C)C(=O)OCCCCCCOc1ccc(/N=N/c2ccc(C#Cc3ccncn3)c(C)c2)cc1. The van der Waals surface area contributed by atoms with Crippen molar-refractivity contribution in [1.29, 1.82) is 0 Å². The zero-order valence-electron chi connectivity index (χ0n) is 20.7. The van der Waals surface area contributed by atoms with Crippen LogP contribution in [0.5, 0.6) is 5.75 Å². The molecule has 7 heteroatoms. The maximum atomic E-state index is 11.3. The Morgan fingerprint density at radius 2 is 1.67 bits per heavy atom. The Morgan fingerprint density at radius 1 is 0.944 bits per heavy atom. The van der Waals surface area contributed by atoms with Gasteiger partial charge in [-0.15, -0.1) is 0 Å². The lowest BCUT2D eigenvalue weighted by molar-refractivity contribution is -0.139. The zero-order valence-corrected chi connectivity index (χ0v) is 20.7. The molecule has 7 nitrogen and oxygen atoms in total. The predicted molar refractivity (Wildman–Crippen MR) is 140 cm³/mol. The van der Waals surface area contributed by atoms with Crippen LogP contribution in [0.3, 0.4) is 0 Å². The Bertz CT molecular complexity index is 1240. The standard InChI is InChI=1S/C29H30N4O3/c1-22(2)29(34)36-19-7-5-4-6-18-35-28-14-12-26(13-15-28)32-33-27-11-9-24(23(3)20-27)8-10-25-16-17-30-21-31-25/h9,11-17,20-21H,1,4-7,18-19H2,2-3H3/b33-32+. The normalized spacial score (nSPS) is 10.5. The fourth-order valence-corrected chi connectivity index (χ4v) is 3.11. The van der Waals surface area contributed by atoms with Crippen LogP contribution in [-0.2, 0) is 9.53 Å². The fraction of sp³-hybridized carbons (Fsp3) is 0.276. The van der Waals surface area contributed by atoms with Crippen LogP contribution in [0, 0.1) is 18.8 Å². The van der Waals surface area contributed by atoms with Crippen molar-refractivity contribution in [2.45, 2.75) is 39.5 Å². The number of nitrogens with zero attached hydrogens (tertiary/aromatic N) is 4. The largest absolute Gasteiger partial charge is 0.494 e. The molecule has 0 spiro atoms. The first-order valence-electron chi connectivity index (χ1n) is 11.9. The summed E-state index contributed by atoms with van der Waals surface area (Å²) in [6.07, 6.45) is 6.94. The van der Waals surface area contributed by atoms with Crippen molar-refractivity contribution in [3.05, 3.63) is 90.0 Å². The Hall–Kier alpha value is -4.31. The maximum Gasteiger partial charge on any atom is 0.333 e. The summed E-state index contributed by atoms with van der Waals surface area (Å²) in [5.41, 5.74) is 4.55. The maximum absolute atomic E-state index is 11.3. The van der Waals surface area contributed by atoms with Gasteiger partial charge < -0.3 is 9.47 Å². The van der Waals surface area contributed by atoms with Gasteiger partial charge in [0.25, 0.3) is 0 Å². The van der Waals surface area contributed by atoms with Crippen LogP contribution in [0.4, 0.5) is 11.4 Å². The lowest BCUT2D eigenvalue weighted by Crippen LogP contribution is -2.06. The van der Waals surface area contributed by atoms with E-state index >= 15 is 0 Å². The summed E-state index contributed by atoms with van der Waals surface area (Å²) in [6.45, 7) is 8.28. The number of esters is 1. The van der Waals surface area contributed by atoms with E-state index in [2.05, 4.69) is 38.6 Å². The first-order chi connectivity index (χ1) is 17.5. The van der Waals surface area contributed by atoms with Crippen molar-refractivity contribution in [1.82, 2.24) is 9.97 Å². The molecule has 0 fully saturated rings. The number of aryl methyl sites for hydroxylation is 1. The highest BCUT2D eigenvalue weighted by molar-refractivity contribution is 5.86. The second-order valence-corrected chi connectivity index (χ2v) is 8.22. The number of hydrogen-bond acceptors (Lipinski definition) is 7. The van der Waals surface area contributed by atoms with Gasteiger partial charge in [-0.25, -0.2) is 14.8 Å². The van der Waals surface area contributed by atoms with Crippen molar-refractivity contribution < 1.29 is 14.3 Å². The molecule has 0 aliphatic heterocycles. The van der Waals surface area contributed by atoms with Gasteiger partial charge in [0.2, 0.25) is 0 Å². The smallest absolute Gasteiger partial charge is 0.333 e. The van der Waals surface area contributed by atoms with Crippen LogP contribution in [0.2, 0.25) is 0 Å². The molecule has 0 saturated heterocycles. The zero-order chi connectivity index (χ0) is 25.6. The van der Waals surface area contributed by atoms with E-state index in [9.17, 15) is 4.79 Å². The fourth-order valence-electron chi connectivity index (χ4n) is 3.11. The lowest BCUT2D eigenvalue weighted by atomic mass is 10.1. The van der Waals surface area contributed by atoms with E-state index in [-0.39, 0.29) is 5.97 Å². The summed E-state index contributed by atoms with van der Waals surface area (Å²) in [6, 6.07) is 15.1. The van der Waals surface area contributed by atoms with Gasteiger partial charge in [0.1, 0.15) is 17.8 Å². The first-order valence-corrected chi connectivity index (χ1v) is 11.9. The number of aromatic nitrogens is 2. The molecule has 3 aromatic rings. The van der Waals surface area contributed by atoms with Crippen LogP contribution < -0.4 is 4.74 Å². The number of carbonyl (C=O) groups excluding carboxylic acids is 1. The Kier molecular flexibility index (Phi) is 10.4. The number of ether oxygens (including phenoxy) is 2. The molecule has 2 aromatic carbocycles. The average molecular weight is 483 g/mol. The molecule has 0 amide bonds. The Labute approximate surface area is 212 Å². The van der Waals surface area contributed by atoms with Crippen molar-refractivity contribution in [3.8, 4) is 17.6 Å². The van der Waals surface area contributed by atoms with Gasteiger partial charge in [-0.3, -0.25) is 0 Å². The van der Waals surface area contributed by atoms with E-state index in [4.69, 9.17) is 9.47 Å². The number of carbonyl (C=O) groups is 1. The van der Waals surface area contributed by atoms with E-state index in [1.165, 1.54) is 6.33 Å². The summed E-state index contributed by atoms with van der Waals surface area (Å²) in [7, 11) is 0. The van der Waals surface area contributed by atoms with Crippen LogP contribution >= 0.6 is 0 Å². The van der Waals surface area contributed by atoms with Gasteiger partial charge in [0, 0.05) is 17.3 Å². The molecular weight excluding hydrogens is 452 g/mol. The van der Waals surface area contributed by atoms with Crippen LogP contribution in [-0.4, -0.2) is 29.2 Å². The molecule has 1 heterocycles. The van der Waals surface area contributed by atoms with Crippen molar-refractivity contribution >= 4 is 17.3 Å². The number of azo groups is 1.